The Balaban J connectivity index is 2.29. The lowest BCUT2D eigenvalue weighted by molar-refractivity contribution is -0.140. The van der Waals surface area contributed by atoms with E-state index in [1.165, 1.54) is 0 Å². The number of aliphatic carboxylic acids is 1. The van der Waals surface area contributed by atoms with Crippen molar-refractivity contribution in [1.82, 2.24) is 0 Å². The normalized spacial score (nSPS) is 26.6. The van der Waals surface area contributed by atoms with Crippen LogP contribution in [0.25, 0.3) is 0 Å². The van der Waals surface area contributed by atoms with E-state index in [0.717, 1.165) is 19.4 Å². The monoisotopic (exact) mass is 174 g/mol. The van der Waals surface area contributed by atoms with Gasteiger partial charge in [0.25, 0.3) is 0 Å². The van der Waals surface area contributed by atoms with Crippen LogP contribution in [-0.2, 0) is 9.53 Å². The molecule has 0 amide bonds. The van der Waals surface area contributed by atoms with E-state index in [4.69, 9.17) is 9.84 Å². The standard InChI is InChI=1S/C8H14O4/c9-7(4-8(10)11)6-2-1-3-12-5-6/h6-7,9H,1-5H2,(H,10,11)/t6?,7-/m1/s1. The second-order valence-corrected chi connectivity index (χ2v) is 3.14. The average molecular weight is 174 g/mol. The quantitative estimate of drug-likeness (QED) is 0.643. The molecule has 0 spiro atoms. The van der Waals surface area contributed by atoms with Crippen molar-refractivity contribution in [2.24, 2.45) is 5.92 Å². The largest absolute Gasteiger partial charge is 0.481 e. The van der Waals surface area contributed by atoms with E-state index in [0.29, 0.717) is 6.61 Å². The second-order valence-electron chi connectivity index (χ2n) is 3.14. The lowest BCUT2D eigenvalue weighted by Crippen LogP contribution is -2.30. The highest BCUT2D eigenvalue weighted by molar-refractivity contribution is 5.67. The number of hydrogen-bond acceptors (Lipinski definition) is 3. The first-order chi connectivity index (χ1) is 5.70. The summed E-state index contributed by atoms with van der Waals surface area (Å²) in [6, 6.07) is 0. The van der Waals surface area contributed by atoms with Gasteiger partial charge in [-0.1, -0.05) is 0 Å². The summed E-state index contributed by atoms with van der Waals surface area (Å²) in [5.41, 5.74) is 0. The lowest BCUT2D eigenvalue weighted by Gasteiger charge is -2.25. The van der Waals surface area contributed by atoms with Crippen molar-refractivity contribution in [3.8, 4) is 0 Å². The van der Waals surface area contributed by atoms with Crippen LogP contribution in [0.1, 0.15) is 19.3 Å². The number of aliphatic hydroxyl groups excluding tert-OH is 1. The van der Waals surface area contributed by atoms with Crippen LogP contribution in [0.4, 0.5) is 0 Å². The number of hydrogen-bond donors (Lipinski definition) is 2. The van der Waals surface area contributed by atoms with Crippen LogP contribution in [-0.4, -0.2) is 35.5 Å². The van der Waals surface area contributed by atoms with Crippen LogP contribution < -0.4 is 0 Å². The zero-order valence-corrected chi connectivity index (χ0v) is 6.90. The fraction of sp³-hybridized carbons (Fsp3) is 0.875. The van der Waals surface area contributed by atoms with Gasteiger partial charge in [-0.05, 0) is 12.8 Å². The maximum Gasteiger partial charge on any atom is 0.305 e. The molecule has 0 saturated carbocycles. The van der Waals surface area contributed by atoms with Crippen LogP contribution in [0.2, 0.25) is 0 Å². The molecule has 0 bridgehead atoms. The van der Waals surface area contributed by atoms with Crippen molar-refractivity contribution in [3.05, 3.63) is 0 Å². The van der Waals surface area contributed by atoms with Crippen molar-refractivity contribution < 1.29 is 19.7 Å². The Hall–Kier alpha value is -0.610. The number of rotatable bonds is 3. The van der Waals surface area contributed by atoms with Crippen LogP contribution in [0.3, 0.4) is 0 Å². The Labute approximate surface area is 71.2 Å². The smallest absolute Gasteiger partial charge is 0.305 e. The average Bonchev–Trinajstić information content (AvgIpc) is 2.05. The lowest BCUT2D eigenvalue weighted by atomic mass is 9.94. The molecule has 2 atom stereocenters. The molecule has 1 fully saturated rings. The van der Waals surface area contributed by atoms with E-state index in [9.17, 15) is 9.90 Å². The van der Waals surface area contributed by atoms with E-state index < -0.39 is 12.1 Å². The zero-order chi connectivity index (χ0) is 8.97. The summed E-state index contributed by atoms with van der Waals surface area (Å²) in [6.45, 7) is 1.23. The molecular weight excluding hydrogens is 160 g/mol. The van der Waals surface area contributed by atoms with Gasteiger partial charge >= 0.3 is 5.97 Å². The van der Waals surface area contributed by atoms with Gasteiger partial charge in [-0.3, -0.25) is 4.79 Å². The van der Waals surface area contributed by atoms with E-state index in [1.807, 2.05) is 0 Å². The minimum atomic E-state index is -0.951. The summed E-state index contributed by atoms with van der Waals surface area (Å²) in [5.74, 6) is -0.942. The third-order valence-electron chi connectivity index (χ3n) is 2.12. The van der Waals surface area contributed by atoms with Gasteiger partial charge in [0.05, 0.1) is 19.1 Å². The summed E-state index contributed by atoms with van der Waals surface area (Å²) in [5, 5.41) is 17.8. The molecule has 0 radical (unpaired) electrons. The predicted octanol–water partition coefficient (Wildman–Crippen LogP) is 0.249. The molecule has 0 aromatic rings. The van der Waals surface area contributed by atoms with Gasteiger partial charge in [-0.2, -0.15) is 0 Å². The van der Waals surface area contributed by atoms with E-state index in [1.54, 1.807) is 0 Å². The maximum absolute atomic E-state index is 10.3. The first-order valence-corrected chi connectivity index (χ1v) is 4.17. The molecule has 4 heteroatoms. The first kappa shape index (κ1) is 9.48. The van der Waals surface area contributed by atoms with E-state index in [-0.39, 0.29) is 12.3 Å². The number of aliphatic hydroxyl groups is 1. The van der Waals surface area contributed by atoms with Crippen molar-refractivity contribution in [2.75, 3.05) is 13.2 Å². The first-order valence-electron chi connectivity index (χ1n) is 4.17. The number of carboxylic acids is 1. The van der Waals surface area contributed by atoms with Gasteiger partial charge in [0.1, 0.15) is 0 Å². The Morgan fingerprint density at radius 3 is 2.92 bits per heavy atom. The molecule has 0 aliphatic carbocycles. The number of carboxylic acid groups (broad SMARTS) is 1. The molecule has 12 heavy (non-hydrogen) atoms. The molecule has 1 unspecified atom stereocenters. The van der Waals surface area contributed by atoms with Gasteiger partial charge in [0, 0.05) is 12.5 Å². The molecule has 0 aromatic heterocycles. The highest BCUT2D eigenvalue weighted by atomic mass is 16.5. The van der Waals surface area contributed by atoms with Gasteiger partial charge < -0.3 is 14.9 Å². The fourth-order valence-corrected chi connectivity index (χ4v) is 1.41. The molecule has 1 aliphatic rings. The predicted molar refractivity (Wildman–Crippen MR) is 41.8 cm³/mol. The topological polar surface area (TPSA) is 66.8 Å². The summed E-state index contributed by atoms with van der Waals surface area (Å²) >= 11 is 0. The molecule has 1 rings (SSSR count). The molecule has 1 aliphatic heterocycles. The van der Waals surface area contributed by atoms with E-state index in [2.05, 4.69) is 0 Å². The highest BCUT2D eigenvalue weighted by Crippen LogP contribution is 2.19. The van der Waals surface area contributed by atoms with Gasteiger partial charge in [-0.25, -0.2) is 0 Å². The van der Waals surface area contributed by atoms with Gasteiger partial charge in [-0.15, -0.1) is 0 Å². The third kappa shape index (κ3) is 2.79. The Morgan fingerprint density at radius 2 is 2.42 bits per heavy atom. The van der Waals surface area contributed by atoms with Crippen molar-refractivity contribution >= 4 is 5.97 Å². The van der Waals surface area contributed by atoms with Crippen molar-refractivity contribution in [3.63, 3.8) is 0 Å². The molecule has 4 nitrogen and oxygen atoms in total. The second kappa shape index (κ2) is 4.42. The van der Waals surface area contributed by atoms with Crippen LogP contribution in [0, 0.1) is 5.92 Å². The number of ether oxygens (including phenoxy) is 1. The van der Waals surface area contributed by atoms with Crippen molar-refractivity contribution in [1.29, 1.82) is 0 Å². The maximum atomic E-state index is 10.3. The zero-order valence-electron chi connectivity index (χ0n) is 6.90. The summed E-state index contributed by atoms with van der Waals surface area (Å²) in [7, 11) is 0. The summed E-state index contributed by atoms with van der Waals surface area (Å²) < 4.78 is 5.13. The SMILES string of the molecule is O=C(O)C[C@@H](O)C1CCCOC1. The van der Waals surface area contributed by atoms with Crippen LogP contribution in [0.15, 0.2) is 0 Å². The van der Waals surface area contributed by atoms with Gasteiger partial charge in [0.15, 0.2) is 0 Å². The Kier molecular flexibility index (Phi) is 3.49. The minimum absolute atomic E-state index is 0.00912. The Bertz CT molecular complexity index is 151. The summed E-state index contributed by atoms with van der Waals surface area (Å²) in [4.78, 5) is 10.3. The molecule has 1 heterocycles. The van der Waals surface area contributed by atoms with Gasteiger partial charge in [0.2, 0.25) is 0 Å². The molecule has 70 valence electrons. The molecular formula is C8H14O4. The molecule has 1 saturated heterocycles. The number of carbonyl (C=O) groups is 1. The summed E-state index contributed by atoms with van der Waals surface area (Å²) in [6.07, 6.45) is 0.867. The Morgan fingerprint density at radius 1 is 1.67 bits per heavy atom. The fourth-order valence-electron chi connectivity index (χ4n) is 1.41. The van der Waals surface area contributed by atoms with E-state index >= 15 is 0 Å². The third-order valence-corrected chi connectivity index (χ3v) is 2.12. The molecule has 2 N–H and O–H groups in total. The van der Waals surface area contributed by atoms with Crippen LogP contribution in [0.5, 0.6) is 0 Å². The van der Waals surface area contributed by atoms with Crippen LogP contribution >= 0.6 is 0 Å². The molecule has 0 aromatic carbocycles. The van der Waals surface area contributed by atoms with Crippen molar-refractivity contribution in [2.45, 2.75) is 25.4 Å². The minimum Gasteiger partial charge on any atom is -0.481 e. The highest BCUT2D eigenvalue weighted by Gasteiger charge is 2.23.